The van der Waals surface area contributed by atoms with Crippen molar-refractivity contribution in [1.82, 2.24) is 0 Å². The van der Waals surface area contributed by atoms with Gasteiger partial charge in [0.05, 0.1) is 11.1 Å². The van der Waals surface area contributed by atoms with E-state index in [1.54, 1.807) is 18.2 Å². The van der Waals surface area contributed by atoms with Gasteiger partial charge in [0.2, 0.25) is 0 Å². The monoisotopic (exact) mass is 432 g/mol. The third kappa shape index (κ3) is 4.84. The first-order valence-corrected chi connectivity index (χ1v) is 8.54. The highest BCUT2D eigenvalue weighted by molar-refractivity contribution is 5.98. The lowest BCUT2D eigenvalue weighted by Gasteiger charge is -2.23. The maximum absolute atomic E-state index is 12.9. The van der Waals surface area contributed by atoms with Crippen molar-refractivity contribution in [3.05, 3.63) is 64.7 Å². The van der Waals surface area contributed by atoms with Crippen LogP contribution in [0.25, 0.3) is 0 Å². The molecule has 0 saturated heterocycles. The van der Waals surface area contributed by atoms with Gasteiger partial charge in [-0.3, -0.25) is 0 Å². The molecular formula is C19H14F6N2O3. The van der Waals surface area contributed by atoms with Gasteiger partial charge in [-0.25, -0.2) is 4.79 Å². The number of halogens is 6. The van der Waals surface area contributed by atoms with E-state index >= 15 is 0 Å². The van der Waals surface area contributed by atoms with Crippen LogP contribution in [0.1, 0.15) is 28.7 Å². The molecule has 2 aromatic carbocycles. The van der Waals surface area contributed by atoms with Crippen LogP contribution in [-0.2, 0) is 28.4 Å². The molecule has 0 fully saturated rings. The second-order valence-corrected chi connectivity index (χ2v) is 6.43. The Labute approximate surface area is 166 Å². The topological polar surface area (TPSA) is 73.9 Å². The molecule has 0 spiro atoms. The average Bonchev–Trinajstić information content (AvgIpc) is 2.69. The zero-order chi connectivity index (χ0) is 22.1. The van der Waals surface area contributed by atoms with E-state index < -0.39 is 47.0 Å². The molecule has 1 aliphatic heterocycles. The zero-order valence-corrected chi connectivity index (χ0v) is 15.1. The van der Waals surface area contributed by atoms with E-state index in [1.165, 1.54) is 0 Å². The van der Waals surface area contributed by atoms with Crippen molar-refractivity contribution in [1.29, 1.82) is 0 Å². The average molecular weight is 432 g/mol. The van der Waals surface area contributed by atoms with Crippen LogP contribution in [0, 0.1) is 0 Å². The number of rotatable bonds is 3. The number of nitrogens with zero attached hydrogens (tertiary/aromatic N) is 1. The lowest BCUT2D eigenvalue weighted by molar-refractivity contribution is -0.152. The Bertz CT molecular complexity index is 953. The molecule has 0 aromatic heterocycles. The van der Waals surface area contributed by atoms with Crippen molar-refractivity contribution in [3.8, 4) is 5.75 Å². The minimum Gasteiger partial charge on any atom is -0.478 e. The number of hydrogen-bond donors (Lipinski definition) is 1. The molecule has 0 radical (unpaired) electrons. The first kappa shape index (κ1) is 21.5. The summed E-state index contributed by atoms with van der Waals surface area (Å²) in [6.45, 7) is 0. The van der Waals surface area contributed by atoms with Crippen molar-refractivity contribution in [2.45, 2.75) is 31.3 Å². The molecule has 0 aliphatic carbocycles. The van der Waals surface area contributed by atoms with Crippen LogP contribution in [-0.4, -0.2) is 17.9 Å². The quantitative estimate of drug-likeness (QED) is 0.258. The molecule has 0 saturated carbocycles. The van der Waals surface area contributed by atoms with Gasteiger partial charge in [0, 0.05) is 5.56 Å². The number of oxime groups is 1. The molecule has 1 atom stereocenters. The Morgan fingerprint density at radius 1 is 1.03 bits per heavy atom. The SMILES string of the molecule is NC(=NOC(=O)C1CCc2ccccc2O1)c1cc(C(F)(F)F)cc(C(F)(F)F)c1. The molecule has 30 heavy (non-hydrogen) atoms. The van der Waals surface area contributed by atoms with Gasteiger partial charge in [0.25, 0.3) is 0 Å². The Morgan fingerprint density at radius 3 is 2.23 bits per heavy atom. The van der Waals surface area contributed by atoms with Crippen LogP contribution in [0.2, 0.25) is 0 Å². The number of hydrogen-bond acceptors (Lipinski definition) is 4. The summed E-state index contributed by atoms with van der Waals surface area (Å²) in [6, 6.07) is 7.69. The Balaban J connectivity index is 1.79. The predicted molar refractivity (Wildman–Crippen MR) is 92.4 cm³/mol. The molecule has 160 valence electrons. The molecule has 1 heterocycles. The first-order chi connectivity index (χ1) is 13.9. The maximum Gasteiger partial charge on any atom is 0.416 e. The highest BCUT2D eigenvalue weighted by atomic mass is 19.4. The van der Waals surface area contributed by atoms with Crippen LogP contribution in [0.5, 0.6) is 5.75 Å². The van der Waals surface area contributed by atoms with Crippen molar-refractivity contribution in [2.24, 2.45) is 10.9 Å². The highest BCUT2D eigenvalue weighted by Crippen LogP contribution is 2.36. The summed E-state index contributed by atoms with van der Waals surface area (Å²) in [5.41, 5.74) is 2.53. The number of carbonyl (C=O) groups is 1. The number of benzene rings is 2. The molecule has 1 aliphatic rings. The van der Waals surface area contributed by atoms with Crippen molar-refractivity contribution < 1.29 is 40.7 Å². The van der Waals surface area contributed by atoms with Crippen LogP contribution in [0.3, 0.4) is 0 Å². The van der Waals surface area contributed by atoms with E-state index in [4.69, 9.17) is 10.5 Å². The van der Waals surface area contributed by atoms with E-state index in [2.05, 4.69) is 9.99 Å². The van der Waals surface area contributed by atoms with Crippen molar-refractivity contribution in [3.63, 3.8) is 0 Å². The number of aryl methyl sites for hydroxylation is 1. The van der Waals surface area contributed by atoms with E-state index in [0.29, 0.717) is 24.3 Å². The van der Waals surface area contributed by atoms with Gasteiger partial charge in [0.15, 0.2) is 11.9 Å². The summed E-state index contributed by atoms with van der Waals surface area (Å²) >= 11 is 0. The van der Waals surface area contributed by atoms with E-state index in [0.717, 1.165) is 5.56 Å². The Hall–Kier alpha value is -3.24. The van der Waals surface area contributed by atoms with Crippen LogP contribution in [0.4, 0.5) is 26.3 Å². The lowest BCUT2D eigenvalue weighted by atomic mass is 10.0. The number of carbonyl (C=O) groups excluding carboxylic acids is 1. The van der Waals surface area contributed by atoms with Crippen LogP contribution < -0.4 is 10.5 Å². The van der Waals surface area contributed by atoms with Gasteiger partial charge in [0.1, 0.15) is 5.75 Å². The fraction of sp³-hybridized carbons (Fsp3) is 0.263. The number of alkyl halides is 6. The first-order valence-electron chi connectivity index (χ1n) is 8.54. The minimum absolute atomic E-state index is 0.0455. The fourth-order valence-electron chi connectivity index (χ4n) is 2.80. The molecule has 1 unspecified atom stereocenters. The lowest BCUT2D eigenvalue weighted by Crippen LogP contribution is -2.32. The van der Waals surface area contributed by atoms with Gasteiger partial charge in [-0.2, -0.15) is 26.3 Å². The summed E-state index contributed by atoms with van der Waals surface area (Å²) in [4.78, 5) is 16.7. The Morgan fingerprint density at radius 2 is 1.63 bits per heavy atom. The largest absolute Gasteiger partial charge is 0.478 e. The molecule has 2 aromatic rings. The highest BCUT2D eigenvalue weighted by Gasteiger charge is 2.37. The molecule has 0 amide bonds. The maximum atomic E-state index is 12.9. The number of nitrogens with two attached hydrogens (primary N) is 1. The molecule has 0 bridgehead atoms. The van der Waals surface area contributed by atoms with Gasteiger partial charge in [-0.1, -0.05) is 23.4 Å². The van der Waals surface area contributed by atoms with E-state index in [1.807, 2.05) is 6.07 Å². The summed E-state index contributed by atoms with van der Waals surface area (Å²) in [6.07, 6.45) is -10.4. The van der Waals surface area contributed by atoms with Gasteiger partial charge < -0.3 is 15.3 Å². The van der Waals surface area contributed by atoms with Gasteiger partial charge in [-0.15, -0.1) is 0 Å². The summed E-state index contributed by atoms with van der Waals surface area (Å²) in [5.74, 6) is -1.33. The standard InChI is InChI=1S/C19H14F6N2O3/c20-18(21,22)12-7-11(8-13(9-12)19(23,24)25)16(26)27-30-17(28)15-6-5-10-3-1-2-4-14(10)29-15/h1-4,7-9,15H,5-6H2,(H2,26,27). The predicted octanol–water partition coefficient (Wildman–Crippen LogP) is 4.28. The second kappa shape index (κ2) is 7.88. The molecule has 3 rings (SSSR count). The minimum atomic E-state index is -5.05. The summed E-state index contributed by atoms with van der Waals surface area (Å²) in [5, 5.41) is 3.20. The van der Waals surface area contributed by atoms with Crippen molar-refractivity contribution >= 4 is 11.8 Å². The third-order valence-electron chi connectivity index (χ3n) is 4.30. The molecular weight excluding hydrogens is 418 g/mol. The van der Waals surface area contributed by atoms with Gasteiger partial charge >= 0.3 is 18.3 Å². The molecule has 11 heteroatoms. The van der Waals surface area contributed by atoms with E-state index in [9.17, 15) is 31.1 Å². The number of ether oxygens (including phenoxy) is 1. The van der Waals surface area contributed by atoms with Crippen LogP contribution >= 0.6 is 0 Å². The van der Waals surface area contributed by atoms with Gasteiger partial charge in [-0.05, 0) is 42.7 Å². The zero-order valence-electron chi connectivity index (χ0n) is 15.1. The molecule has 5 nitrogen and oxygen atoms in total. The number of fused-ring (bicyclic) bond motifs is 1. The van der Waals surface area contributed by atoms with E-state index in [-0.39, 0.29) is 12.5 Å². The Kier molecular flexibility index (Phi) is 5.64. The second-order valence-electron chi connectivity index (χ2n) is 6.43. The normalized spacial score (nSPS) is 17.1. The number of amidine groups is 1. The fourth-order valence-corrected chi connectivity index (χ4v) is 2.80. The number of para-hydroxylation sites is 1. The summed E-state index contributed by atoms with van der Waals surface area (Å²) < 4.78 is 83.0. The summed E-state index contributed by atoms with van der Waals surface area (Å²) in [7, 11) is 0. The third-order valence-corrected chi connectivity index (χ3v) is 4.30. The van der Waals surface area contributed by atoms with Crippen LogP contribution in [0.15, 0.2) is 47.6 Å². The molecule has 2 N–H and O–H groups in total. The van der Waals surface area contributed by atoms with Crippen molar-refractivity contribution in [2.75, 3.05) is 0 Å². The smallest absolute Gasteiger partial charge is 0.416 e.